The quantitative estimate of drug-likeness (QED) is 0.307. The standard InChI is InChI=1S/C25H23N3O3S2/c1-2-31-18-11-9-17(10-12-18)28-24(30)21-19-7-4-8-20(19)33-23(21)27-25(28)32-14-15-5-3-6-16(13-15)22(26)29/h3,5-6,9-13H,2,4,7-8,14H2,1H3,(H2,26,29). The number of aryl methyl sites for hydroxylation is 2. The maximum absolute atomic E-state index is 13.8. The topological polar surface area (TPSA) is 87.2 Å². The summed E-state index contributed by atoms with van der Waals surface area (Å²) in [6.45, 7) is 2.52. The van der Waals surface area contributed by atoms with Crippen LogP contribution in [-0.4, -0.2) is 22.1 Å². The Morgan fingerprint density at radius 3 is 2.79 bits per heavy atom. The lowest BCUT2D eigenvalue weighted by Crippen LogP contribution is -2.21. The van der Waals surface area contributed by atoms with Gasteiger partial charge in [0.2, 0.25) is 5.91 Å². The number of hydrogen-bond acceptors (Lipinski definition) is 6. The van der Waals surface area contributed by atoms with E-state index in [-0.39, 0.29) is 5.56 Å². The summed E-state index contributed by atoms with van der Waals surface area (Å²) in [6, 6.07) is 14.8. The third-order valence-corrected chi connectivity index (χ3v) is 7.89. The van der Waals surface area contributed by atoms with Gasteiger partial charge in [-0.1, -0.05) is 23.9 Å². The Morgan fingerprint density at radius 1 is 1.21 bits per heavy atom. The number of nitrogens with zero attached hydrogens (tertiary/aromatic N) is 2. The summed E-state index contributed by atoms with van der Waals surface area (Å²) in [6.07, 6.45) is 3.04. The third kappa shape index (κ3) is 4.16. The normalized spacial score (nSPS) is 12.8. The summed E-state index contributed by atoms with van der Waals surface area (Å²) in [5.74, 6) is 0.860. The number of ether oxygens (including phenoxy) is 1. The smallest absolute Gasteiger partial charge is 0.267 e. The summed E-state index contributed by atoms with van der Waals surface area (Å²) in [5.41, 5.74) is 8.73. The Kier molecular flexibility index (Phi) is 5.95. The molecule has 1 amide bonds. The third-order valence-electron chi connectivity index (χ3n) is 5.69. The number of carbonyl (C=O) groups is 1. The minimum atomic E-state index is -0.458. The van der Waals surface area contributed by atoms with Gasteiger partial charge < -0.3 is 10.5 Å². The van der Waals surface area contributed by atoms with Crippen LogP contribution in [-0.2, 0) is 18.6 Å². The van der Waals surface area contributed by atoms with Crippen molar-refractivity contribution in [2.24, 2.45) is 5.73 Å². The zero-order valence-electron chi connectivity index (χ0n) is 18.2. The second-order valence-electron chi connectivity index (χ2n) is 7.85. The average Bonchev–Trinajstić information content (AvgIpc) is 3.40. The monoisotopic (exact) mass is 477 g/mol. The van der Waals surface area contributed by atoms with E-state index in [1.807, 2.05) is 43.3 Å². The highest BCUT2D eigenvalue weighted by atomic mass is 32.2. The van der Waals surface area contributed by atoms with Crippen molar-refractivity contribution in [2.45, 2.75) is 37.1 Å². The van der Waals surface area contributed by atoms with Crippen LogP contribution in [0.1, 0.15) is 39.7 Å². The van der Waals surface area contributed by atoms with E-state index >= 15 is 0 Å². The Labute approximate surface area is 199 Å². The van der Waals surface area contributed by atoms with Crippen LogP contribution in [0.2, 0.25) is 0 Å². The van der Waals surface area contributed by atoms with Crippen LogP contribution < -0.4 is 16.0 Å². The molecule has 6 nitrogen and oxygen atoms in total. The maximum atomic E-state index is 13.8. The molecule has 4 aromatic rings. The Balaban J connectivity index is 1.59. The van der Waals surface area contributed by atoms with Crippen LogP contribution in [0.5, 0.6) is 5.75 Å². The summed E-state index contributed by atoms with van der Waals surface area (Å²) < 4.78 is 7.27. The fraction of sp³-hybridized carbons (Fsp3) is 0.240. The largest absolute Gasteiger partial charge is 0.494 e. The number of nitrogens with two attached hydrogens (primary N) is 1. The predicted molar refractivity (Wildman–Crippen MR) is 133 cm³/mol. The van der Waals surface area contributed by atoms with E-state index < -0.39 is 5.91 Å². The summed E-state index contributed by atoms with van der Waals surface area (Å²) in [7, 11) is 0. The molecular weight excluding hydrogens is 454 g/mol. The summed E-state index contributed by atoms with van der Waals surface area (Å²) in [4.78, 5) is 32.3. The first-order valence-corrected chi connectivity index (χ1v) is 12.7. The second kappa shape index (κ2) is 9.03. The highest BCUT2D eigenvalue weighted by Crippen LogP contribution is 2.36. The van der Waals surface area contributed by atoms with Gasteiger partial charge in [0.25, 0.3) is 5.56 Å². The van der Waals surface area contributed by atoms with Gasteiger partial charge in [0.1, 0.15) is 10.6 Å². The van der Waals surface area contributed by atoms with Crippen molar-refractivity contribution in [3.05, 3.63) is 80.5 Å². The van der Waals surface area contributed by atoms with Crippen molar-refractivity contribution >= 4 is 39.2 Å². The molecule has 2 N–H and O–H groups in total. The van der Waals surface area contributed by atoms with Crippen molar-refractivity contribution < 1.29 is 9.53 Å². The van der Waals surface area contributed by atoms with Crippen molar-refractivity contribution in [3.63, 3.8) is 0 Å². The van der Waals surface area contributed by atoms with Crippen molar-refractivity contribution in [1.82, 2.24) is 9.55 Å². The Morgan fingerprint density at radius 2 is 2.03 bits per heavy atom. The molecule has 33 heavy (non-hydrogen) atoms. The predicted octanol–water partition coefficient (Wildman–Crippen LogP) is 4.73. The van der Waals surface area contributed by atoms with E-state index in [1.165, 1.54) is 16.6 Å². The number of fused-ring (bicyclic) bond motifs is 3. The fourth-order valence-electron chi connectivity index (χ4n) is 4.17. The molecule has 1 aliphatic carbocycles. The van der Waals surface area contributed by atoms with Crippen LogP contribution >= 0.6 is 23.1 Å². The fourth-order valence-corrected chi connectivity index (χ4v) is 6.43. The molecule has 1 aliphatic rings. The minimum absolute atomic E-state index is 0.0306. The molecule has 0 aliphatic heterocycles. The first-order chi connectivity index (χ1) is 16.0. The molecule has 0 saturated carbocycles. The molecule has 0 bridgehead atoms. The minimum Gasteiger partial charge on any atom is -0.494 e. The van der Waals surface area contributed by atoms with Gasteiger partial charge in [0.05, 0.1) is 17.7 Å². The van der Waals surface area contributed by atoms with E-state index in [0.29, 0.717) is 23.1 Å². The Bertz CT molecular complexity index is 1410. The number of amides is 1. The summed E-state index contributed by atoms with van der Waals surface area (Å²) in [5, 5.41) is 1.38. The molecule has 5 rings (SSSR count). The zero-order valence-corrected chi connectivity index (χ0v) is 19.8. The van der Waals surface area contributed by atoms with E-state index in [9.17, 15) is 9.59 Å². The van der Waals surface area contributed by atoms with Crippen LogP contribution in [0, 0.1) is 0 Å². The summed E-state index contributed by atoms with van der Waals surface area (Å²) >= 11 is 3.11. The lowest BCUT2D eigenvalue weighted by atomic mass is 10.1. The molecule has 0 fully saturated rings. The number of rotatable bonds is 7. The second-order valence-corrected chi connectivity index (χ2v) is 9.88. The number of hydrogen-bond donors (Lipinski definition) is 1. The van der Waals surface area contributed by atoms with Gasteiger partial charge >= 0.3 is 0 Å². The SMILES string of the molecule is CCOc1ccc(-n2c(SCc3cccc(C(N)=O)c3)nc3sc4c(c3c2=O)CCC4)cc1. The van der Waals surface area contributed by atoms with E-state index in [2.05, 4.69) is 0 Å². The number of carbonyl (C=O) groups excluding carboxylic acids is 1. The van der Waals surface area contributed by atoms with Crippen molar-refractivity contribution in [2.75, 3.05) is 6.61 Å². The van der Waals surface area contributed by atoms with Crippen LogP contribution in [0.3, 0.4) is 0 Å². The van der Waals surface area contributed by atoms with Gasteiger partial charge in [0, 0.05) is 16.2 Å². The highest BCUT2D eigenvalue weighted by Gasteiger charge is 2.24. The van der Waals surface area contributed by atoms with Gasteiger partial charge in [-0.2, -0.15) is 0 Å². The van der Waals surface area contributed by atoms with E-state index in [1.54, 1.807) is 28.0 Å². The van der Waals surface area contributed by atoms with Gasteiger partial charge in [-0.05, 0) is 73.7 Å². The maximum Gasteiger partial charge on any atom is 0.267 e. The lowest BCUT2D eigenvalue weighted by molar-refractivity contribution is 0.1000. The molecule has 8 heteroatoms. The van der Waals surface area contributed by atoms with Crippen LogP contribution in [0.25, 0.3) is 15.9 Å². The first-order valence-electron chi connectivity index (χ1n) is 10.9. The van der Waals surface area contributed by atoms with Gasteiger partial charge in [-0.3, -0.25) is 14.2 Å². The molecule has 2 heterocycles. The van der Waals surface area contributed by atoms with E-state index in [4.69, 9.17) is 15.5 Å². The van der Waals surface area contributed by atoms with Crippen LogP contribution in [0.4, 0.5) is 0 Å². The first kappa shape index (κ1) is 21.7. The van der Waals surface area contributed by atoms with Gasteiger partial charge in [-0.25, -0.2) is 4.98 Å². The number of thioether (sulfide) groups is 1. The lowest BCUT2D eigenvalue weighted by Gasteiger charge is -2.13. The molecular formula is C25H23N3O3S2. The van der Waals surface area contributed by atoms with Crippen molar-refractivity contribution in [3.8, 4) is 11.4 Å². The molecule has 0 spiro atoms. The molecule has 0 saturated heterocycles. The van der Waals surface area contributed by atoms with Gasteiger partial charge in [0.15, 0.2) is 5.16 Å². The molecule has 2 aromatic heterocycles. The van der Waals surface area contributed by atoms with Crippen LogP contribution in [0.15, 0.2) is 58.5 Å². The van der Waals surface area contributed by atoms with Crippen molar-refractivity contribution in [1.29, 1.82) is 0 Å². The number of aromatic nitrogens is 2. The number of primary amides is 1. The number of thiophene rings is 1. The van der Waals surface area contributed by atoms with Gasteiger partial charge in [-0.15, -0.1) is 11.3 Å². The molecule has 0 radical (unpaired) electrons. The molecule has 168 valence electrons. The highest BCUT2D eigenvalue weighted by molar-refractivity contribution is 7.98. The van der Waals surface area contributed by atoms with E-state index in [0.717, 1.165) is 52.0 Å². The molecule has 0 atom stereocenters. The zero-order chi connectivity index (χ0) is 22.9. The average molecular weight is 478 g/mol. The molecule has 2 aromatic carbocycles. The number of benzene rings is 2. The Hall–Kier alpha value is -3.10. The molecule has 0 unspecified atom stereocenters.